The number of likely N-dealkylation sites (tertiary alicyclic amines) is 1. The highest BCUT2D eigenvalue weighted by Gasteiger charge is 2.28. The first-order chi connectivity index (χ1) is 14.8. The Hall–Kier alpha value is -2.50. The second kappa shape index (κ2) is 8.70. The summed E-state index contributed by atoms with van der Waals surface area (Å²) in [7, 11) is 0. The minimum Gasteiger partial charge on any atom is -0.367 e. The topological polar surface area (TPSA) is 22.6 Å². The van der Waals surface area contributed by atoms with Crippen LogP contribution in [0, 0.1) is 5.82 Å². The van der Waals surface area contributed by atoms with Crippen LogP contribution >= 0.6 is 0 Å². The fraction of sp³-hybridized carbons (Fsp3) is 0.400. The van der Waals surface area contributed by atoms with E-state index in [0.717, 1.165) is 57.0 Å². The van der Waals surface area contributed by atoms with Gasteiger partial charge in [-0.05, 0) is 43.1 Å². The zero-order valence-electron chi connectivity index (χ0n) is 17.4. The molecule has 1 aromatic heterocycles. The fourth-order valence-corrected chi connectivity index (χ4v) is 5.04. The van der Waals surface area contributed by atoms with Crippen LogP contribution in [0.4, 0.5) is 10.1 Å². The van der Waals surface area contributed by atoms with Gasteiger partial charge in [-0.25, -0.2) is 4.39 Å². The van der Waals surface area contributed by atoms with Gasteiger partial charge >= 0.3 is 0 Å². The SMILES string of the molecule is Fc1ccccc1N1CCN(C2CCCN(Cc3cccc4cccnc34)C2)CC1. The van der Waals surface area contributed by atoms with Crippen LogP contribution in [-0.2, 0) is 6.54 Å². The Morgan fingerprint density at radius 1 is 0.900 bits per heavy atom. The van der Waals surface area contributed by atoms with E-state index in [9.17, 15) is 4.39 Å². The molecule has 0 aliphatic carbocycles. The molecular weight excluding hydrogens is 375 g/mol. The summed E-state index contributed by atoms with van der Waals surface area (Å²) in [4.78, 5) is 12.0. The fourth-order valence-electron chi connectivity index (χ4n) is 5.04. The molecule has 0 spiro atoms. The molecule has 0 bridgehead atoms. The predicted molar refractivity (Wildman–Crippen MR) is 120 cm³/mol. The van der Waals surface area contributed by atoms with E-state index in [4.69, 9.17) is 0 Å². The summed E-state index contributed by atoms with van der Waals surface area (Å²) in [5.41, 5.74) is 3.18. The van der Waals surface area contributed by atoms with Crippen molar-refractivity contribution in [1.82, 2.24) is 14.8 Å². The number of rotatable bonds is 4. The number of fused-ring (bicyclic) bond motifs is 1. The summed E-state index contributed by atoms with van der Waals surface area (Å²) in [6, 6.07) is 18.4. The van der Waals surface area contributed by atoms with Gasteiger partial charge in [0.25, 0.3) is 0 Å². The molecule has 30 heavy (non-hydrogen) atoms. The number of pyridine rings is 1. The lowest BCUT2D eigenvalue weighted by molar-refractivity contribution is 0.0889. The quantitative estimate of drug-likeness (QED) is 0.651. The van der Waals surface area contributed by atoms with Crippen LogP contribution in [-0.4, -0.2) is 60.1 Å². The lowest BCUT2D eigenvalue weighted by Gasteiger charge is -2.44. The van der Waals surface area contributed by atoms with Crippen molar-refractivity contribution in [3.8, 4) is 0 Å². The van der Waals surface area contributed by atoms with E-state index >= 15 is 0 Å². The van der Waals surface area contributed by atoms with E-state index in [-0.39, 0.29) is 5.82 Å². The van der Waals surface area contributed by atoms with E-state index in [1.54, 1.807) is 12.1 Å². The molecule has 1 atom stereocenters. The van der Waals surface area contributed by atoms with Gasteiger partial charge in [-0.2, -0.15) is 0 Å². The van der Waals surface area contributed by atoms with Gasteiger partial charge in [0, 0.05) is 56.9 Å². The zero-order valence-corrected chi connectivity index (χ0v) is 17.4. The van der Waals surface area contributed by atoms with Crippen LogP contribution in [0.1, 0.15) is 18.4 Å². The Labute approximate surface area is 177 Å². The van der Waals surface area contributed by atoms with Gasteiger partial charge in [0.15, 0.2) is 0 Å². The van der Waals surface area contributed by atoms with E-state index < -0.39 is 0 Å². The van der Waals surface area contributed by atoms with Gasteiger partial charge in [0.05, 0.1) is 11.2 Å². The van der Waals surface area contributed by atoms with Crippen molar-refractivity contribution in [2.75, 3.05) is 44.2 Å². The number of nitrogens with zero attached hydrogens (tertiary/aromatic N) is 4. The van der Waals surface area contributed by atoms with Gasteiger partial charge in [-0.1, -0.05) is 36.4 Å². The van der Waals surface area contributed by atoms with Crippen LogP contribution < -0.4 is 4.90 Å². The molecule has 2 aliphatic heterocycles. The monoisotopic (exact) mass is 404 g/mol. The molecule has 4 nitrogen and oxygen atoms in total. The van der Waals surface area contributed by atoms with Crippen molar-refractivity contribution < 1.29 is 4.39 Å². The Kier molecular flexibility index (Phi) is 5.65. The Bertz CT molecular complexity index is 994. The molecule has 156 valence electrons. The van der Waals surface area contributed by atoms with E-state index in [0.29, 0.717) is 6.04 Å². The molecule has 0 amide bonds. The Morgan fingerprint density at radius 2 is 1.73 bits per heavy atom. The minimum atomic E-state index is -0.113. The van der Waals surface area contributed by atoms with Crippen LogP contribution in [0.25, 0.3) is 10.9 Å². The molecule has 2 aliphatic rings. The average Bonchev–Trinajstić information content (AvgIpc) is 2.80. The molecule has 3 aromatic rings. The van der Waals surface area contributed by atoms with Crippen LogP contribution in [0.5, 0.6) is 0 Å². The van der Waals surface area contributed by atoms with Crippen molar-refractivity contribution in [1.29, 1.82) is 0 Å². The highest BCUT2D eigenvalue weighted by Crippen LogP contribution is 2.25. The second-order valence-corrected chi connectivity index (χ2v) is 8.50. The number of aromatic nitrogens is 1. The first-order valence-electron chi connectivity index (χ1n) is 11.1. The van der Waals surface area contributed by atoms with E-state index in [1.807, 2.05) is 24.4 Å². The van der Waals surface area contributed by atoms with Crippen LogP contribution in [0.3, 0.4) is 0 Å². The van der Waals surface area contributed by atoms with Crippen molar-refractivity contribution in [3.63, 3.8) is 0 Å². The third-order valence-electron chi connectivity index (χ3n) is 6.61. The van der Waals surface area contributed by atoms with Crippen molar-refractivity contribution >= 4 is 16.6 Å². The summed E-state index contributed by atoms with van der Waals surface area (Å²) in [6.45, 7) is 7.00. The molecular formula is C25H29FN4. The lowest BCUT2D eigenvalue weighted by atomic mass is 10.0. The molecule has 0 radical (unpaired) electrons. The molecule has 2 aromatic carbocycles. The maximum Gasteiger partial charge on any atom is 0.146 e. The third kappa shape index (κ3) is 4.05. The molecule has 1 unspecified atom stereocenters. The molecule has 0 saturated carbocycles. The Balaban J connectivity index is 1.21. The van der Waals surface area contributed by atoms with Crippen molar-refractivity contribution in [2.45, 2.75) is 25.4 Å². The van der Waals surface area contributed by atoms with Crippen molar-refractivity contribution in [3.05, 3.63) is 72.2 Å². The standard InChI is InChI=1S/C25H29FN4/c26-23-10-1-2-11-24(23)30-16-14-29(15-17-30)22-9-5-13-28(19-22)18-21-7-3-6-20-8-4-12-27-25(20)21/h1-4,6-8,10-12,22H,5,9,13-19H2. The molecule has 2 saturated heterocycles. The van der Waals surface area contributed by atoms with Crippen LogP contribution in [0.15, 0.2) is 60.8 Å². The largest absolute Gasteiger partial charge is 0.367 e. The predicted octanol–water partition coefficient (Wildman–Crippen LogP) is 4.16. The number of piperazine rings is 1. The summed E-state index contributed by atoms with van der Waals surface area (Å²) in [5, 5.41) is 1.22. The Morgan fingerprint density at radius 3 is 2.60 bits per heavy atom. The number of hydrogen-bond acceptors (Lipinski definition) is 4. The summed E-state index contributed by atoms with van der Waals surface area (Å²) < 4.78 is 14.1. The van der Waals surface area contributed by atoms with E-state index in [1.165, 1.54) is 23.8 Å². The molecule has 5 heteroatoms. The number of halogens is 1. The molecule has 5 rings (SSSR count). The highest BCUT2D eigenvalue weighted by molar-refractivity contribution is 5.81. The average molecular weight is 405 g/mol. The summed E-state index contributed by atoms with van der Waals surface area (Å²) in [6.07, 6.45) is 4.38. The normalized spacial score (nSPS) is 21.2. The van der Waals surface area contributed by atoms with Gasteiger partial charge in [-0.15, -0.1) is 0 Å². The number of para-hydroxylation sites is 2. The maximum absolute atomic E-state index is 14.1. The van der Waals surface area contributed by atoms with Crippen molar-refractivity contribution in [2.24, 2.45) is 0 Å². The maximum atomic E-state index is 14.1. The molecule has 2 fully saturated rings. The first-order valence-corrected chi connectivity index (χ1v) is 11.1. The zero-order chi connectivity index (χ0) is 20.3. The first kappa shape index (κ1) is 19.5. The molecule has 0 N–H and O–H groups in total. The highest BCUT2D eigenvalue weighted by atomic mass is 19.1. The number of anilines is 1. The summed E-state index contributed by atoms with van der Waals surface area (Å²) in [5.74, 6) is -0.113. The minimum absolute atomic E-state index is 0.113. The molecule has 3 heterocycles. The van der Waals surface area contributed by atoms with Crippen LogP contribution in [0.2, 0.25) is 0 Å². The number of hydrogen-bond donors (Lipinski definition) is 0. The number of piperidine rings is 1. The third-order valence-corrected chi connectivity index (χ3v) is 6.61. The lowest BCUT2D eigenvalue weighted by Crippen LogP contribution is -2.55. The van der Waals surface area contributed by atoms with Gasteiger partial charge < -0.3 is 4.90 Å². The van der Waals surface area contributed by atoms with Gasteiger partial charge in [0.2, 0.25) is 0 Å². The number of benzene rings is 2. The smallest absolute Gasteiger partial charge is 0.146 e. The van der Waals surface area contributed by atoms with E-state index in [2.05, 4.69) is 43.9 Å². The summed E-state index contributed by atoms with van der Waals surface area (Å²) >= 11 is 0. The second-order valence-electron chi connectivity index (χ2n) is 8.50. The van der Waals surface area contributed by atoms with Gasteiger partial charge in [0.1, 0.15) is 5.82 Å². The van der Waals surface area contributed by atoms with Gasteiger partial charge in [-0.3, -0.25) is 14.8 Å².